The molecule has 0 aliphatic heterocycles. The summed E-state index contributed by atoms with van der Waals surface area (Å²) in [6.45, 7) is 21.6. The van der Waals surface area contributed by atoms with Crippen molar-refractivity contribution in [1.82, 2.24) is 39.9 Å². The Balaban J connectivity index is 0.000000201. The van der Waals surface area contributed by atoms with Crippen molar-refractivity contribution in [2.24, 2.45) is 0 Å². The van der Waals surface area contributed by atoms with Gasteiger partial charge in [-0.1, -0.05) is 146 Å². The van der Waals surface area contributed by atoms with Gasteiger partial charge in [0.05, 0.1) is 71.3 Å². The summed E-state index contributed by atoms with van der Waals surface area (Å²) in [6, 6.07) is 101. The minimum Gasteiger partial charge on any atom is -0.254 e. The molecule has 0 aliphatic carbocycles. The standard InChI is InChI=1S/2C24H16N2.4C13H12NO2S.C4H10O.2F6P.2Ir/c2*1-3-7-17(8-4-1)19-13-15-25-23-21(19)11-12-22-20(14-16-26-24(22)23)18-9-5-2-6-10-18;4*1-3-16-13(15)11-9(2)14-12(17-11)10-7-5-4-6-8-10;1-3-5-4-2;2*1-7(2,3,4,5)6;;/h2*1-16H;4*4-7H,3H2,1-2H3;3-4H2,1-2H3;;;;/q;;4*-1;;2*-1;2*+3. The molecule has 0 unspecified atom stereocenters. The molecule has 37 heteroatoms. The Morgan fingerprint density at radius 2 is 0.454 bits per heavy atom. The number of rotatable bonds is 18. The first-order valence-electron chi connectivity index (χ1n) is 42.7. The Labute approximate surface area is 849 Å². The monoisotopic (exact) mass is 2400 g/mol. The second-order valence-electron chi connectivity index (χ2n) is 29.0. The van der Waals surface area contributed by atoms with E-state index in [9.17, 15) is 69.5 Å². The number of ether oxygens (including phenoxy) is 5. The molecule has 8 heterocycles. The van der Waals surface area contributed by atoms with Crippen LogP contribution in [-0.4, -0.2) is 103 Å². The van der Waals surface area contributed by atoms with Gasteiger partial charge >= 0.3 is 130 Å². The van der Waals surface area contributed by atoms with Crippen LogP contribution in [0.25, 0.3) is 130 Å². The fourth-order valence-corrected chi connectivity index (χ4v) is 16.8. The van der Waals surface area contributed by atoms with Crippen molar-refractivity contribution in [2.75, 3.05) is 39.6 Å². The smallest absolute Gasteiger partial charge is 0.254 e. The first kappa shape index (κ1) is 114. The number of aryl methyl sites for hydroxylation is 4. The predicted molar refractivity (Wildman–Crippen MR) is 533 cm³/mol. The number of hydrogen-bond acceptors (Lipinski definition) is 21. The molecule has 0 bridgehead atoms. The van der Waals surface area contributed by atoms with Gasteiger partial charge in [0.25, 0.3) is 0 Å². The van der Waals surface area contributed by atoms with Crippen LogP contribution in [0.1, 0.15) is 103 Å². The number of fused-ring (bicyclic) bond motifs is 6. The third-order valence-corrected chi connectivity index (χ3v) is 23.5. The average Bonchev–Trinajstić information content (AvgIpc) is 1.72. The van der Waals surface area contributed by atoms with Gasteiger partial charge in [-0.2, -0.15) is 45.3 Å². The fourth-order valence-electron chi connectivity index (χ4n) is 13.0. The fraction of sp³-hybridized carbons (Fsp3) is 0.154. The summed E-state index contributed by atoms with van der Waals surface area (Å²) in [7, 11) is -21.3. The summed E-state index contributed by atoms with van der Waals surface area (Å²) < 4.78 is 143. The van der Waals surface area contributed by atoms with E-state index in [0.717, 1.165) is 99.1 Å². The van der Waals surface area contributed by atoms with Crippen molar-refractivity contribution in [1.29, 1.82) is 0 Å². The number of thiazole rings is 4. The molecule has 736 valence electrons. The van der Waals surface area contributed by atoms with Crippen LogP contribution in [0.2, 0.25) is 0 Å². The number of carbonyl (C=O) groups excluding carboxylic acids is 4. The maximum Gasteiger partial charge on any atom is 3.00 e. The van der Waals surface area contributed by atoms with E-state index in [1.807, 2.05) is 188 Å². The Morgan fingerprint density at radius 3 is 0.610 bits per heavy atom. The Kier molecular flexibility index (Phi) is 41.0. The van der Waals surface area contributed by atoms with Crippen LogP contribution in [0, 0.1) is 52.0 Å². The van der Waals surface area contributed by atoms with E-state index in [4.69, 9.17) is 23.7 Å². The minimum absolute atomic E-state index is 0. The topological polar surface area (TPSA) is 218 Å². The third-order valence-electron chi connectivity index (χ3n) is 18.8. The van der Waals surface area contributed by atoms with Gasteiger partial charge < -0.3 is 23.7 Å². The molecule has 0 radical (unpaired) electrons. The number of pyridine rings is 4. The average molecular weight is 2400 g/mol. The molecule has 8 aromatic heterocycles. The van der Waals surface area contributed by atoms with Crippen molar-refractivity contribution in [3.8, 4) is 86.8 Å². The molecule has 18 aromatic rings. The molecule has 0 fully saturated rings. The van der Waals surface area contributed by atoms with Crippen LogP contribution in [0.3, 0.4) is 0 Å². The largest absolute Gasteiger partial charge is 3.00 e. The molecular weight excluding hydrogens is 2310 g/mol. The van der Waals surface area contributed by atoms with Crippen LogP contribution < -0.4 is 0 Å². The second-order valence-corrected chi connectivity index (χ2v) is 36.9. The molecule has 0 saturated carbocycles. The molecular formula is C104H90F12Ir2N8O9P2S4. The van der Waals surface area contributed by atoms with Gasteiger partial charge in [0.2, 0.25) is 0 Å². The van der Waals surface area contributed by atoms with Crippen molar-refractivity contribution < 1.29 is 133 Å². The Bertz CT molecular complexity index is 6310. The predicted octanol–water partition coefficient (Wildman–Crippen LogP) is 32.4. The van der Waals surface area contributed by atoms with Crippen molar-refractivity contribution >= 4 is 128 Å². The van der Waals surface area contributed by atoms with Crippen LogP contribution in [-0.2, 0) is 63.9 Å². The Morgan fingerprint density at radius 1 is 0.270 bits per heavy atom. The summed E-state index contributed by atoms with van der Waals surface area (Å²) in [6.07, 6.45) is 7.50. The van der Waals surface area contributed by atoms with Crippen molar-refractivity contribution in [3.05, 3.63) is 358 Å². The van der Waals surface area contributed by atoms with Gasteiger partial charge in [0, 0.05) is 79.6 Å². The first-order valence-corrected chi connectivity index (χ1v) is 50.1. The summed E-state index contributed by atoms with van der Waals surface area (Å²) in [5.41, 5.74) is 19.7. The summed E-state index contributed by atoms with van der Waals surface area (Å²) in [5, 5.41) is 7.70. The van der Waals surface area contributed by atoms with Crippen LogP contribution in [0.15, 0.2) is 292 Å². The van der Waals surface area contributed by atoms with Gasteiger partial charge in [-0.25, -0.2) is 19.2 Å². The number of benzene rings is 10. The summed E-state index contributed by atoms with van der Waals surface area (Å²) in [4.78, 5) is 85.0. The molecule has 0 saturated heterocycles. The number of aromatic nitrogens is 8. The normalized spacial score (nSPS) is 11.6. The molecule has 141 heavy (non-hydrogen) atoms. The van der Waals surface area contributed by atoms with E-state index in [1.54, 1.807) is 27.7 Å². The quantitative estimate of drug-likeness (QED) is 0.0195. The summed E-state index contributed by atoms with van der Waals surface area (Å²) in [5.74, 6) is -1.20. The molecule has 18 rings (SSSR count). The van der Waals surface area contributed by atoms with E-state index < -0.39 is 15.6 Å². The van der Waals surface area contributed by atoms with Crippen LogP contribution >= 0.6 is 61.0 Å². The van der Waals surface area contributed by atoms with E-state index in [-0.39, 0.29) is 64.1 Å². The SMILES string of the molecule is CCOC(=O)c1sc(-c2[c-]cccc2)nc1C.CCOC(=O)c1sc(-c2[c-]cccc2)nc1C.CCOC(=O)c1sc(-c2[c-]cccc2)nc1C.CCOC(=O)c1sc(-c2[c-]cccc2)nc1C.CCOCC.F[P-](F)(F)(F)(F)F.F[P-](F)(F)(F)(F)F.[Ir+3].[Ir+3].c1ccc(-c2ccnc3c2ccc2c(-c4ccccc4)ccnc23)cc1.c1ccc(-c2ccnc3c2ccc2c(-c4ccccc4)ccnc23)cc1. The van der Waals surface area contributed by atoms with E-state index in [0.29, 0.717) is 68.7 Å². The molecule has 0 amide bonds. The number of carbonyl (C=O) groups is 4. The summed E-state index contributed by atoms with van der Waals surface area (Å²) >= 11 is 5.37. The zero-order valence-corrected chi connectivity index (χ0v) is 86.8. The van der Waals surface area contributed by atoms with Crippen molar-refractivity contribution in [3.63, 3.8) is 0 Å². The minimum atomic E-state index is -10.7. The third kappa shape index (κ3) is 36.2. The zero-order chi connectivity index (χ0) is 101. The van der Waals surface area contributed by atoms with E-state index in [2.05, 4.69) is 210 Å². The Hall–Kier alpha value is -12.5. The number of nitrogens with zero attached hydrogens (tertiary/aromatic N) is 8. The van der Waals surface area contributed by atoms with E-state index >= 15 is 0 Å². The van der Waals surface area contributed by atoms with Crippen molar-refractivity contribution in [2.45, 2.75) is 69.2 Å². The van der Waals surface area contributed by atoms with Crippen LogP contribution in [0.4, 0.5) is 50.4 Å². The van der Waals surface area contributed by atoms with E-state index in [1.165, 1.54) is 89.9 Å². The zero-order valence-electron chi connectivity index (χ0n) is 76.9. The molecule has 0 aliphatic rings. The molecule has 10 aromatic carbocycles. The van der Waals surface area contributed by atoms with Crippen LogP contribution in [0.5, 0.6) is 0 Å². The van der Waals surface area contributed by atoms with Gasteiger partial charge in [0.15, 0.2) is 0 Å². The maximum absolute atomic E-state index is 11.6. The second kappa shape index (κ2) is 50.8. The van der Waals surface area contributed by atoms with Gasteiger partial charge in [-0.3, -0.25) is 39.9 Å². The molecule has 17 nitrogen and oxygen atoms in total. The molecule has 0 N–H and O–H groups in total. The van der Waals surface area contributed by atoms with Gasteiger partial charge in [-0.05, 0) is 138 Å². The number of esters is 4. The molecule has 0 atom stereocenters. The number of hydrogen-bond donors (Lipinski definition) is 0. The maximum atomic E-state index is 11.6. The first-order chi connectivity index (χ1) is 66.0. The molecule has 0 spiro atoms. The number of halogens is 12. The van der Waals surface area contributed by atoms with Gasteiger partial charge in [-0.15, -0.1) is 144 Å². The van der Waals surface area contributed by atoms with Gasteiger partial charge in [0.1, 0.15) is 19.5 Å².